The number of furan rings is 1. The fourth-order valence-electron chi connectivity index (χ4n) is 2.25. The van der Waals surface area contributed by atoms with Crippen LogP contribution in [-0.2, 0) is 0 Å². The van der Waals surface area contributed by atoms with Crippen molar-refractivity contribution in [3.05, 3.63) is 66.7 Å². The minimum atomic E-state index is 0.105. The summed E-state index contributed by atoms with van der Waals surface area (Å²) in [5.74, 6) is 2.39. The van der Waals surface area contributed by atoms with Gasteiger partial charge in [-0.05, 0) is 13.8 Å². The fraction of sp³-hybridized carbons (Fsp3) is 0.158. The zero-order valence-electron chi connectivity index (χ0n) is 12.2. The summed E-state index contributed by atoms with van der Waals surface area (Å²) < 4.78 is 12.0. The summed E-state index contributed by atoms with van der Waals surface area (Å²) in [6.07, 6.45) is 0.105. The number of rotatable bonds is 4. The molecule has 0 fully saturated rings. The van der Waals surface area contributed by atoms with Gasteiger partial charge in [0, 0.05) is 17.2 Å². The standard InChI is InChI=1S/C19H18O2/c1-14(2)20-18-13-17(15-9-5-3-6-10-15)21-19(18)16-11-7-4-8-12-16/h3-14H,1-2H3. The minimum Gasteiger partial charge on any atom is -0.487 e. The lowest BCUT2D eigenvalue weighted by Crippen LogP contribution is -2.05. The van der Waals surface area contributed by atoms with Crippen molar-refractivity contribution >= 4 is 0 Å². The third-order valence-corrected chi connectivity index (χ3v) is 3.15. The van der Waals surface area contributed by atoms with Gasteiger partial charge in [-0.2, -0.15) is 0 Å². The van der Waals surface area contributed by atoms with Crippen LogP contribution in [0.3, 0.4) is 0 Å². The summed E-state index contributed by atoms with van der Waals surface area (Å²) in [5.41, 5.74) is 2.07. The Hall–Kier alpha value is -2.48. The number of hydrogen-bond acceptors (Lipinski definition) is 2. The van der Waals surface area contributed by atoms with E-state index in [1.807, 2.05) is 80.6 Å². The Kier molecular flexibility index (Phi) is 3.78. The zero-order valence-corrected chi connectivity index (χ0v) is 12.2. The van der Waals surface area contributed by atoms with E-state index in [-0.39, 0.29) is 6.10 Å². The number of ether oxygens (including phenoxy) is 1. The Labute approximate surface area is 125 Å². The van der Waals surface area contributed by atoms with Gasteiger partial charge in [0.2, 0.25) is 0 Å². The average molecular weight is 278 g/mol. The van der Waals surface area contributed by atoms with Crippen LogP contribution in [0, 0.1) is 0 Å². The largest absolute Gasteiger partial charge is 0.487 e. The van der Waals surface area contributed by atoms with Crippen molar-refractivity contribution in [1.29, 1.82) is 0 Å². The molecule has 0 aliphatic carbocycles. The van der Waals surface area contributed by atoms with Gasteiger partial charge in [0.15, 0.2) is 11.5 Å². The molecule has 0 bridgehead atoms. The predicted molar refractivity (Wildman–Crippen MR) is 85.3 cm³/mol. The topological polar surface area (TPSA) is 22.4 Å². The molecule has 106 valence electrons. The third kappa shape index (κ3) is 3.00. The molecule has 0 radical (unpaired) electrons. The van der Waals surface area contributed by atoms with E-state index in [1.165, 1.54) is 0 Å². The normalized spacial score (nSPS) is 10.8. The van der Waals surface area contributed by atoms with E-state index in [9.17, 15) is 0 Å². The summed E-state index contributed by atoms with van der Waals surface area (Å²) in [5, 5.41) is 0. The molecule has 3 aromatic rings. The molecule has 0 saturated heterocycles. The molecule has 21 heavy (non-hydrogen) atoms. The molecule has 1 heterocycles. The molecular weight excluding hydrogens is 260 g/mol. The van der Waals surface area contributed by atoms with Gasteiger partial charge in [0.1, 0.15) is 5.76 Å². The molecule has 0 spiro atoms. The Bertz CT molecular complexity index is 697. The fourth-order valence-corrected chi connectivity index (χ4v) is 2.25. The monoisotopic (exact) mass is 278 g/mol. The Balaban J connectivity index is 2.07. The smallest absolute Gasteiger partial charge is 0.176 e. The van der Waals surface area contributed by atoms with Gasteiger partial charge in [-0.25, -0.2) is 0 Å². The van der Waals surface area contributed by atoms with Crippen molar-refractivity contribution in [3.8, 4) is 28.4 Å². The van der Waals surface area contributed by atoms with Gasteiger partial charge >= 0.3 is 0 Å². The second-order valence-corrected chi connectivity index (χ2v) is 5.20. The van der Waals surface area contributed by atoms with Crippen LogP contribution >= 0.6 is 0 Å². The first kappa shape index (κ1) is 13.5. The van der Waals surface area contributed by atoms with Crippen LogP contribution in [0.15, 0.2) is 71.1 Å². The summed E-state index contributed by atoms with van der Waals surface area (Å²) in [6.45, 7) is 4.04. The SMILES string of the molecule is CC(C)Oc1cc(-c2ccccc2)oc1-c1ccccc1. The summed E-state index contributed by atoms with van der Waals surface area (Å²) in [4.78, 5) is 0. The second-order valence-electron chi connectivity index (χ2n) is 5.20. The van der Waals surface area contributed by atoms with Crippen LogP contribution < -0.4 is 4.74 Å². The van der Waals surface area contributed by atoms with Crippen molar-refractivity contribution < 1.29 is 9.15 Å². The summed E-state index contributed by atoms with van der Waals surface area (Å²) in [6, 6.07) is 22.1. The van der Waals surface area contributed by atoms with Crippen LogP contribution in [0.4, 0.5) is 0 Å². The van der Waals surface area contributed by atoms with E-state index in [2.05, 4.69) is 0 Å². The zero-order chi connectivity index (χ0) is 14.7. The van der Waals surface area contributed by atoms with E-state index in [1.54, 1.807) is 0 Å². The van der Waals surface area contributed by atoms with E-state index in [4.69, 9.17) is 9.15 Å². The molecule has 0 aliphatic rings. The van der Waals surface area contributed by atoms with Crippen molar-refractivity contribution in [1.82, 2.24) is 0 Å². The van der Waals surface area contributed by atoms with E-state index < -0.39 is 0 Å². The molecule has 2 nitrogen and oxygen atoms in total. The lowest BCUT2D eigenvalue weighted by Gasteiger charge is -2.08. The lowest BCUT2D eigenvalue weighted by atomic mass is 10.1. The minimum absolute atomic E-state index is 0.105. The van der Waals surface area contributed by atoms with Gasteiger partial charge < -0.3 is 9.15 Å². The highest BCUT2D eigenvalue weighted by molar-refractivity contribution is 5.71. The van der Waals surface area contributed by atoms with E-state index >= 15 is 0 Å². The van der Waals surface area contributed by atoms with Gasteiger partial charge in [-0.15, -0.1) is 0 Å². The molecule has 0 aliphatic heterocycles. The highest BCUT2D eigenvalue weighted by Crippen LogP contribution is 2.38. The molecule has 3 rings (SSSR count). The Morgan fingerprint density at radius 3 is 1.95 bits per heavy atom. The predicted octanol–water partition coefficient (Wildman–Crippen LogP) is 5.40. The average Bonchev–Trinajstić information content (AvgIpc) is 2.92. The highest BCUT2D eigenvalue weighted by Gasteiger charge is 2.16. The van der Waals surface area contributed by atoms with Gasteiger partial charge in [0.25, 0.3) is 0 Å². The molecule has 0 atom stereocenters. The van der Waals surface area contributed by atoms with Crippen LogP contribution in [0.5, 0.6) is 5.75 Å². The third-order valence-electron chi connectivity index (χ3n) is 3.15. The molecule has 0 N–H and O–H groups in total. The van der Waals surface area contributed by atoms with Crippen LogP contribution in [0.25, 0.3) is 22.6 Å². The maximum Gasteiger partial charge on any atom is 0.176 e. The number of benzene rings is 2. The van der Waals surface area contributed by atoms with Crippen LogP contribution in [0.2, 0.25) is 0 Å². The molecule has 1 aromatic heterocycles. The second kappa shape index (κ2) is 5.88. The quantitative estimate of drug-likeness (QED) is 0.637. The molecule has 2 heteroatoms. The van der Waals surface area contributed by atoms with Crippen molar-refractivity contribution in [2.75, 3.05) is 0 Å². The maximum atomic E-state index is 6.06. The van der Waals surface area contributed by atoms with E-state index in [0.717, 1.165) is 28.4 Å². The first-order chi connectivity index (χ1) is 10.2. The van der Waals surface area contributed by atoms with E-state index in [0.29, 0.717) is 0 Å². The first-order valence-electron chi connectivity index (χ1n) is 7.15. The van der Waals surface area contributed by atoms with Crippen molar-refractivity contribution in [3.63, 3.8) is 0 Å². The molecular formula is C19H18O2. The molecule has 0 saturated carbocycles. The van der Waals surface area contributed by atoms with Crippen LogP contribution in [-0.4, -0.2) is 6.10 Å². The van der Waals surface area contributed by atoms with Gasteiger partial charge in [-0.1, -0.05) is 60.7 Å². The molecule has 2 aromatic carbocycles. The maximum absolute atomic E-state index is 6.06. The summed E-state index contributed by atoms with van der Waals surface area (Å²) in [7, 11) is 0. The number of hydrogen-bond donors (Lipinski definition) is 0. The van der Waals surface area contributed by atoms with Crippen molar-refractivity contribution in [2.24, 2.45) is 0 Å². The molecule has 0 unspecified atom stereocenters. The first-order valence-corrected chi connectivity index (χ1v) is 7.15. The van der Waals surface area contributed by atoms with Gasteiger partial charge in [-0.3, -0.25) is 0 Å². The van der Waals surface area contributed by atoms with Crippen molar-refractivity contribution in [2.45, 2.75) is 20.0 Å². The summed E-state index contributed by atoms with van der Waals surface area (Å²) >= 11 is 0. The van der Waals surface area contributed by atoms with Gasteiger partial charge in [0.05, 0.1) is 6.10 Å². The Morgan fingerprint density at radius 1 is 0.810 bits per heavy atom. The highest BCUT2D eigenvalue weighted by atomic mass is 16.5. The lowest BCUT2D eigenvalue weighted by molar-refractivity contribution is 0.242. The Morgan fingerprint density at radius 2 is 1.38 bits per heavy atom. The molecule has 0 amide bonds. The van der Waals surface area contributed by atoms with Crippen LogP contribution in [0.1, 0.15) is 13.8 Å².